The van der Waals surface area contributed by atoms with Gasteiger partial charge in [-0.2, -0.15) is 0 Å². The fourth-order valence-corrected chi connectivity index (χ4v) is 5.96. The van der Waals surface area contributed by atoms with Crippen molar-refractivity contribution in [2.75, 3.05) is 28.0 Å². The van der Waals surface area contributed by atoms with E-state index in [1.807, 2.05) is 0 Å². The predicted octanol–water partition coefficient (Wildman–Crippen LogP) is 4.69. The van der Waals surface area contributed by atoms with Gasteiger partial charge in [-0.1, -0.05) is 11.6 Å². The lowest BCUT2D eigenvalue weighted by atomic mass is 10.1. The SMILES string of the molecule is O=S(=O)(Nc1cc(-c2ccc3ncnc(NC4CCN(c5ncccn5)CC4)c3n2)cnc1Cl)c1ccc(F)cc1F. The topological polar surface area (TPSA) is 139 Å². The summed E-state index contributed by atoms with van der Waals surface area (Å²) in [5, 5.41) is 3.32. The van der Waals surface area contributed by atoms with Crippen molar-refractivity contribution in [1.29, 1.82) is 0 Å². The van der Waals surface area contributed by atoms with E-state index in [-0.39, 0.29) is 16.9 Å². The molecule has 0 amide bonds. The normalized spacial score (nSPS) is 14.2. The first-order valence-electron chi connectivity index (χ1n) is 12.8. The van der Waals surface area contributed by atoms with Gasteiger partial charge in [0.05, 0.1) is 16.9 Å². The molecule has 1 aromatic carbocycles. The zero-order valence-electron chi connectivity index (χ0n) is 21.7. The molecule has 4 aromatic heterocycles. The lowest BCUT2D eigenvalue weighted by Gasteiger charge is -2.32. The van der Waals surface area contributed by atoms with Crippen molar-refractivity contribution < 1.29 is 17.2 Å². The van der Waals surface area contributed by atoms with E-state index in [0.29, 0.717) is 40.1 Å². The molecular weight excluding hydrogens is 588 g/mol. The Balaban J connectivity index is 1.24. The molecule has 0 unspecified atom stereocenters. The number of anilines is 3. The number of piperidine rings is 1. The molecule has 5 aromatic rings. The van der Waals surface area contributed by atoms with Crippen molar-refractivity contribution in [2.45, 2.75) is 23.8 Å². The zero-order chi connectivity index (χ0) is 29.3. The van der Waals surface area contributed by atoms with Gasteiger partial charge in [0, 0.05) is 49.4 Å². The van der Waals surface area contributed by atoms with Crippen LogP contribution in [0.4, 0.5) is 26.2 Å². The molecule has 0 aliphatic carbocycles. The summed E-state index contributed by atoms with van der Waals surface area (Å²) in [6, 6.07) is 9.00. The molecule has 0 radical (unpaired) electrons. The van der Waals surface area contributed by atoms with E-state index in [1.54, 1.807) is 30.6 Å². The largest absolute Gasteiger partial charge is 0.365 e. The molecule has 6 rings (SSSR count). The molecular formula is C27H22ClF2N9O2S. The van der Waals surface area contributed by atoms with Crippen LogP contribution in [0.3, 0.4) is 0 Å². The summed E-state index contributed by atoms with van der Waals surface area (Å²) in [5.41, 5.74) is 1.92. The summed E-state index contributed by atoms with van der Waals surface area (Å²) < 4.78 is 55.4. The number of halogens is 3. The average molecular weight is 610 g/mol. The Labute approximate surface area is 244 Å². The fraction of sp³-hybridized carbons (Fsp3) is 0.185. The van der Waals surface area contributed by atoms with E-state index >= 15 is 0 Å². The number of sulfonamides is 1. The quantitative estimate of drug-likeness (QED) is 0.250. The minimum atomic E-state index is -4.44. The van der Waals surface area contributed by atoms with Gasteiger partial charge in [-0.15, -0.1) is 0 Å². The van der Waals surface area contributed by atoms with Crippen LogP contribution in [0.15, 0.2) is 72.3 Å². The zero-order valence-corrected chi connectivity index (χ0v) is 23.3. The van der Waals surface area contributed by atoms with Gasteiger partial charge in [-0.3, -0.25) is 4.72 Å². The third-order valence-corrected chi connectivity index (χ3v) is 8.42. The van der Waals surface area contributed by atoms with Crippen molar-refractivity contribution in [2.24, 2.45) is 0 Å². The monoisotopic (exact) mass is 609 g/mol. The Morgan fingerprint density at radius 2 is 1.74 bits per heavy atom. The molecule has 1 aliphatic heterocycles. The van der Waals surface area contributed by atoms with Crippen molar-refractivity contribution in [3.63, 3.8) is 0 Å². The minimum Gasteiger partial charge on any atom is -0.365 e. The highest BCUT2D eigenvalue weighted by Crippen LogP contribution is 2.30. The van der Waals surface area contributed by atoms with Gasteiger partial charge in [0.2, 0.25) is 5.95 Å². The fourth-order valence-electron chi connectivity index (χ4n) is 4.63. The number of fused-ring (bicyclic) bond motifs is 1. The number of pyridine rings is 2. The highest BCUT2D eigenvalue weighted by atomic mass is 35.5. The van der Waals surface area contributed by atoms with Crippen molar-refractivity contribution in [3.8, 4) is 11.3 Å². The first-order chi connectivity index (χ1) is 20.3. The lowest BCUT2D eigenvalue weighted by molar-refractivity contribution is 0.519. The molecule has 0 saturated carbocycles. The first kappa shape index (κ1) is 27.6. The number of benzene rings is 1. The first-order valence-corrected chi connectivity index (χ1v) is 14.7. The van der Waals surface area contributed by atoms with Crippen LogP contribution in [0.1, 0.15) is 12.8 Å². The molecule has 0 spiro atoms. The second-order valence-corrected chi connectivity index (χ2v) is 11.5. The third-order valence-electron chi connectivity index (χ3n) is 6.72. The van der Waals surface area contributed by atoms with Gasteiger partial charge in [0.15, 0.2) is 11.0 Å². The third kappa shape index (κ3) is 5.76. The number of rotatable bonds is 7. The van der Waals surface area contributed by atoms with E-state index in [9.17, 15) is 17.2 Å². The van der Waals surface area contributed by atoms with Crippen LogP contribution >= 0.6 is 11.6 Å². The van der Waals surface area contributed by atoms with Crippen LogP contribution in [0, 0.1) is 11.6 Å². The molecule has 0 atom stereocenters. The molecule has 15 heteroatoms. The number of hydrogen-bond acceptors (Lipinski definition) is 10. The maximum absolute atomic E-state index is 14.2. The van der Waals surface area contributed by atoms with Gasteiger partial charge >= 0.3 is 0 Å². The molecule has 11 nitrogen and oxygen atoms in total. The van der Waals surface area contributed by atoms with Crippen molar-refractivity contribution >= 4 is 50.1 Å². The molecule has 1 fully saturated rings. The van der Waals surface area contributed by atoms with E-state index in [0.717, 1.165) is 38.1 Å². The molecule has 214 valence electrons. The highest BCUT2D eigenvalue weighted by Gasteiger charge is 2.23. The molecule has 42 heavy (non-hydrogen) atoms. The smallest absolute Gasteiger partial charge is 0.264 e. The van der Waals surface area contributed by atoms with Gasteiger partial charge < -0.3 is 10.2 Å². The van der Waals surface area contributed by atoms with Crippen molar-refractivity contribution in [3.05, 3.63) is 84.2 Å². The summed E-state index contributed by atoms with van der Waals surface area (Å²) in [4.78, 5) is 27.6. The summed E-state index contributed by atoms with van der Waals surface area (Å²) >= 11 is 6.17. The second-order valence-electron chi connectivity index (χ2n) is 9.48. The van der Waals surface area contributed by atoms with Crippen LogP contribution in [-0.2, 0) is 10.0 Å². The summed E-state index contributed by atoms with van der Waals surface area (Å²) in [6.07, 6.45) is 8.02. The summed E-state index contributed by atoms with van der Waals surface area (Å²) in [5.74, 6) is -0.875. The van der Waals surface area contributed by atoms with E-state index in [2.05, 4.69) is 39.9 Å². The van der Waals surface area contributed by atoms with Crippen LogP contribution < -0.4 is 14.9 Å². The maximum atomic E-state index is 14.2. The Morgan fingerprint density at radius 1 is 0.952 bits per heavy atom. The highest BCUT2D eigenvalue weighted by molar-refractivity contribution is 7.92. The Kier molecular flexibility index (Phi) is 7.47. The summed E-state index contributed by atoms with van der Waals surface area (Å²) in [7, 11) is -4.44. The molecule has 1 aliphatic rings. The van der Waals surface area contributed by atoms with Crippen LogP contribution in [0.2, 0.25) is 5.15 Å². The van der Waals surface area contributed by atoms with Crippen LogP contribution in [-0.4, -0.2) is 57.5 Å². The van der Waals surface area contributed by atoms with E-state index in [4.69, 9.17) is 16.6 Å². The number of nitrogens with one attached hydrogen (secondary N) is 2. The molecule has 5 heterocycles. The standard InChI is InChI=1S/C27H22ClF2N9O2S/c28-25-22(38-42(40,41)23-5-2-17(29)13-19(23)30)12-16(14-33-25)20-3-4-21-24(37-20)26(35-15-34-21)36-18-6-10-39(11-7-18)27-31-8-1-9-32-27/h1-5,8-9,12-15,18,38H,6-7,10-11H2,(H,34,35,36). The second kappa shape index (κ2) is 11.4. The van der Waals surface area contributed by atoms with Gasteiger partial charge in [-0.05, 0) is 49.2 Å². The van der Waals surface area contributed by atoms with Crippen LogP contribution in [0.25, 0.3) is 22.3 Å². The van der Waals surface area contributed by atoms with Crippen LogP contribution in [0.5, 0.6) is 0 Å². The minimum absolute atomic E-state index is 0.100. The number of hydrogen-bond donors (Lipinski definition) is 2. The Morgan fingerprint density at radius 3 is 2.50 bits per heavy atom. The number of nitrogens with zero attached hydrogens (tertiary/aromatic N) is 7. The van der Waals surface area contributed by atoms with E-state index < -0.39 is 26.6 Å². The Bertz CT molecular complexity index is 1880. The van der Waals surface area contributed by atoms with Gasteiger partial charge in [0.25, 0.3) is 10.0 Å². The summed E-state index contributed by atoms with van der Waals surface area (Å²) in [6.45, 7) is 1.56. The van der Waals surface area contributed by atoms with Gasteiger partial charge in [-0.25, -0.2) is 47.1 Å². The van der Waals surface area contributed by atoms with E-state index in [1.165, 1.54) is 18.6 Å². The maximum Gasteiger partial charge on any atom is 0.264 e. The molecule has 2 N–H and O–H groups in total. The van der Waals surface area contributed by atoms with Crippen molar-refractivity contribution in [1.82, 2.24) is 29.9 Å². The molecule has 0 bridgehead atoms. The predicted molar refractivity (Wildman–Crippen MR) is 154 cm³/mol. The number of aromatic nitrogens is 6. The molecule has 1 saturated heterocycles. The van der Waals surface area contributed by atoms with Gasteiger partial charge in [0.1, 0.15) is 28.4 Å². The Hall–Kier alpha value is -4.56. The lowest BCUT2D eigenvalue weighted by Crippen LogP contribution is -2.40. The average Bonchev–Trinajstić information content (AvgIpc) is 2.99.